The zero-order chi connectivity index (χ0) is 24.6. The number of carbonyl (C=O) groups excluding carboxylic acids is 2. The Morgan fingerprint density at radius 1 is 1.03 bits per heavy atom. The van der Waals surface area contributed by atoms with E-state index in [1.165, 1.54) is 32.1 Å². The summed E-state index contributed by atoms with van der Waals surface area (Å²) in [6, 6.07) is 7.66. The van der Waals surface area contributed by atoms with E-state index in [4.69, 9.17) is 4.74 Å². The number of hydrogen-bond acceptors (Lipinski definition) is 4. The van der Waals surface area contributed by atoms with Crippen LogP contribution in [0.25, 0.3) is 0 Å². The molecular formula is C29H43N3O3. The van der Waals surface area contributed by atoms with Gasteiger partial charge in [0.1, 0.15) is 11.8 Å². The number of carbonyl (C=O) groups is 2. The molecule has 4 saturated carbocycles. The summed E-state index contributed by atoms with van der Waals surface area (Å²) in [6.07, 6.45) is 9.32. The highest BCUT2D eigenvalue weighted by Crippen LogP contribution is 2.60. The van der Waals surface area contributed by atoms with Crippen molar-refractivity contribution in [1.29, 1.82) is 0 Å². The molecule has 0 spiro atoms. The lowest BCUT2D eigenvalue weighted by atomic mass is 9.49. The number of rotatable bonds is 9. The van der Waals surface area contributed by atoms with Crippen molar-refractivity contribution in [3.63, 3.8) is 0 Å². The Kier molecular flexibility index (Phi) is 7.11. The summed E-state index contributed by atoms with van der Waals surface area (Å²) in [4.78, 5) is 29.6. The van der Waals surface area contributed by atoms with E-state index < -0.39 is 6.04 Å². The summed E-state index contributed by atoms with van der Waals surface area (Å²) in [5.41, 5.74) is 0.869. The number of methoxy groups -OCH3 is 1. The smallest absolute Gasteiger partial charge is 0.242 e. The highest BCUT2D eigenvalue weighted by atomic mass is 16.5. The molecule has 1 aromatic carbocycles. The van der Waals surface area contributed by atoms with Gasteiger partial charge in [0.15, 0.2) is 0 Å². The van der Waals surface area contributed by atoms with Crippen LogP contribution < -0.4 is 15.4 Å². The van der Waals surface area contributed by atoms with Crippen LogP contribution in [0.3, 0.4) is 0 Å². The van der Waals surface area contributed by atoms with E-state index in [9.17, 15) is 9.59 Å². The number of likely N-dealkylation sites (tertiary alicyclic amines) is 1. The molecule has 192 valence electrons. The van der Waals surface area contributed by atoms with Crippen LogP contribution in [0.4, 0.5) is 0 Å². The molecule has 0 radical (unpaired) electrons. The molecule has 4 bridgehead atoms. The van der Waals surface area contributed by atoms with E-state index in [1.807, 2.05) is 32.0 Å². The third kappa shape index (κ3) is 4.96. The predicted molar refractivity (Wildman–Crippen MR) is 137 cm³/mol. The third-order valence-corrected chi connectivity index (χ3v) is 9.30. The maximum Gasteiger partial charge on any atom is 0.242 e. The molecule has 35 heavy (non-hydrogen) atoms. The quantitative estimate of drug-likeness (QED) is 0.552. The first-order valence-corrected chi connectivity index (χ1v) is 13.8. The van der Waals surface area contributed by atoms with Crippen LogP contribution in [0.5, 0.6) is 5.75 Å². The first-order valence-electron chi connectivity index (χ1n) is 13.8. The first kappa shape index (κ1) is 24.6. The number of hydrogen-bond donors (Lipinski definition) is 2. The summed E-state index contributed by atoms with van der Waals surface area (Å²) in [7, 11) is 1.70. The Bertz CT molecular complexity index is 888. The molecule has 5 aliphatic rings. The number of para-hydroxylation sites is 1. The fourth-order valence-corrected chi connectivity index (χ4v) is 7.96. The largest absolute Gasteiger partial charge is 0.496 e. The van der Waals surface area contributed by atoms with Crippen LogP contribution >= 0.6 is 0 Å². The summed E-state index contributed by atoms with van der Waals surface area (Å²) >= 11 is 0. The van der Waals surface area contributed by atoms with Crippen LogP contribution in [0.2, 0.25) is 0 Å². The van der Waals surface area contributed by atoms with Gasteiger partial charge in [0.2, 0.25) is 11.8 Å². The molecule has 1 saturated heterocycles. The van der Waals surface area contributed by atoms with Crippen molar-refractivity contribution in [2.75, 3.05) is 26.7 Å². The Hall–Kier alpha value is -2.08. The topological polar surface area (TPSA) is 70.7 Å². The van der Waals surface area contributed by atoms with E-state index in [0.29, 0.717) is 24.3 Å². The molecule has 0 aromatic heterocycles. The van der Waals surface area contributed by atoms with E-state index in [-0.39, 0.29) is 29.2 Å². The van der Waals surface area contributed by atoms with Crippen molar-refractivity contribution >= 4 is 11.8 Å². The van der Waals surface area contributed by atoms with Gasteiger partial charge in [-0.1, -0.05) is 32.0 Å². The molecule has 1 aliphatic heterocycles. The maximum absolute atomic E-state index is 13.7. The maximum atomic E-state index is 13.7. The van der Waals surface area contributed by atoms with Gasteiger partial charge in [-0.2, -0.15) is 0 Å². The van der Waals surface area contributed by atoms with E-state index >= 15 is 0 Å². The number of benzene rings is 1. The Morgan fingerprint density at radius 3 is 2.20 bits per heavy atom. The molecule has 1 aromatic rings. The van der Waals surface area contributed by atoms with Crippen molar-refractivity contribution < 1.29 is 14.3 Å². The zero-order valence-electron chi connectivity index (χ0n) is 21.7. The van der Waals surface area contributed by atoms with Crippen molar-refractivity contribution in [2.45, 2.75) is 77.3 Å². The molecule has 5 fully saturated rings. The lowest BCUT2D eigenvalue weighted by molar-refractivity contribution is -0.149. The first-order chi connectivity index (χ1) is 16.9. The van der Waals surface area contributed by atoms with E-state index in [1.54, 1.807) is 7.11 Å². The average molecular weight is 482 g/mol. The van der Waals surface area contributed by atoms with Crippen molar-refractivity contribution in [1.82, 2.24) is 15.5 Å². The number of nitrogens with one attached hydrogen (secondary N) is 2. The molecule has 2 atom stereocenters. The van der Waals surface area contributed by atoms with Crippen LogP contribution in [0, 0.1) is 29.1 Å². The minimum atomic E-state index is -0.507. The minimum absolute atomic E-state index is 0.0318. The van der Waals surface area contributed by atoms with Gasteiger partial charge in [-0.25, -0.2) is 0 Å². The molecule has 2 amide bonds. The van der Waals surface area contributed by atoms with Crippen molar-refractivity contribution in [3.8, 4) is 5.75 Å². The van der Waals surface area contributed by atoms with Crippen LogP contribution in [0.15, 0.2) is 24.3 Å². The lowest BCUT2D eigenvalue weighted by Crippen LogP contribution is -2.58. The molecule has 6 heteroatoms. The Balaban J connectivity index is 1.27. The second-order valence-corrected chi connectivity index (χ2v) is 12.1. The minimum Gasteiger partial charge on any atom is -0.496 e. The Labute approximate surface area is 210 Å². The second-order valence-electron chi connectivity index (χ2n) is 12.1. The monoisotopic (exact) mass is 481 g/mol. The summed E-state index contributed by atoms with van der Waals surface area (Å²) in [5.74, 6) is 3.07. The Morgan fingerprint density at radius 2 is 1.63 bits per heavy atom. The number of nitrogens with zero attached hydrogens (tertiary/aromatic N) is 1. The van der Waals surface area contributed by atoms with Gasteiger partial charge in [-0.15, -0.1) is 0 Å². The summed E-state index contributed by atoms with van der Waals surface area (Å²) in [5, 5.41) is 6.46. The fourth-order valence-electron chi connectivity index (χ4n) is 7.96. The molecule has 0 unspecified atom stereocenters. The zero-order valence-corrected chi connectivity index (χ0v) is 21.7. The number of amides is 2. The number of ether oxygens (including phenoxy) is 1. The van der Waals surface area contributed by atoms with Gasteiger partial charge in [0.05, 0.1) is 13.2 Å². The SMILES string of the molecule is COc1ccccc1[C@@H](CNC(=O)[C@@H](NC(=O)C12CC3CC(CC(C3)C1)C2)C(C)C)N1CCCC1. The van der Waals surface area contributed by atoms with Crippen molar-refractivity contribution in [2.24, 2.45) is 29.1 Å². The second kappa shape index (κ2) is 10.1. The third-order valence-electron chi connectivity index (χ3n) is 9.30. The van der Waals surface area contributed by atoms with E-state index in [0.717, 1.165) is 43.7 Å². The average Bonchev–Trinajstić information content (AvgIpc) is 3.36. The van der Waals surface area contributed by atoms with Crippen LogP contribution in [-0.4, -0.2) is 49.5 Å². The van der Waals surface area contributed by atoms with Gasteiger partial charge in [0.25, 0.3) is 0 Å². The van der Waals surface area contributed by atoms with E-state index in [2.05, 4.69) is 21.6 Å². The highest BCUT2D eigenvalue weighted by Gasteiger charge is 2.55. The standard InChI is InChI=1S/C29H43N3O3/c1-19(2)26(31-28(34)29-15-20-12-21(16-29)14-22(13-20)17-29)27(33)30-18-24(32-10-6-7-11-32)23-8-4-5-9-25(23)35-3/h4-5,8-9,19-22,24,26H,6-7,10-18H2,1-3H3,(H,30,33)(H,31,34)/t20?,21?,22?,24-,26+,29?/m1/s1. The fraction of sp³-hybridized carbons (Fsp3) is 0.724. The van der Waals surface area contributed by atoms with Gasteiger partial charge >= 0.3 is 0 Å². The molecule has 4 aliphatic carbocycles. The van der Waals surface area contributed by atoms with Gasteiger partial charge in [-0.3, -0.25) is 14.5 Å². The molecule has 6 rings (SSSR count). The normalized spacial score (nSPS) is 31.4. The van der Waals surface area contributed by atoms with Gasteiger partial charge < -0.3 is 15.4 Å². The summed E-state index contributed by atoms with van der Waals surface area (Å²) < 4.78 is 5.65. The predicted octanol–water partition coefficient (Wildman–Crippen LogP) is 4.31. The highest BCUT2D eigenvalue weighted by molar-refractivity contribution is 5.90. The van der Waals surface area contributed by atoms with Crippen LogP contribution in [-0.2, 0) is 9.59 Å². The lowest BCUT2D eigenvalue weighted by Gasteiger charge is -2.55. The summed E-state index contributed by atoms with van der Waals surface area (Å²) in [6.45, 7) is 6.62. The van der Waals surface area contributed by atoms with Gasteiger partial charge in [-0.05, 0) is 94.2 Å². The molecular weight excluding hydrogens is 438 g/mol. The molecule has 6 nitrogen and oxygen atoms in total. The van der Waals surface area contributed by atoms with Gasteiger partial charge in [0, 0.05) is 17.5 Å². The molecule has 1 heterocycles. The van der Waals surface area contributed by atoms with Crippen LogP contribution in [0.1, 0.15) is 76.8 Å². The van der Waals surface area contributed by atoms with Crippen molar-refractivity contribution in [3.05, 3.63) is 29.8 Å². The molecule has 2 N–H and O–H groups in total.